The largest absolute Gasteiger partial charge is 0.300 e. The Morgan fingerprint density at radius 3 is 2.53 bits per heavy atom. The first-order valence-electron chi connectivity index (χ1n) is 4.84. The van der Waals surface area contributed by atoms with Gasteiger partial charge in [-0.15, -0.1) is 0 Å². The van der Waals surface area contributed by atoms with E-state index in [1.807, 2.05) is 36.4 Å². The summed E-state index contributed by atoms with van der Waals surface area (Å²) in [6.45, 7) is 1.60. The Morgan fingerprint density at radius 1 is 1.13 bits per heavy atom. The van der Waals surface area contributed by atoms with Gasteiger partial charge in [0.2, 0.25) is 0 Å². The van der Waals surface area contributed by atoms with Crippen LogP contribution in [0.4, 0.5) is 0 Å². The van der Waals surface area contributed by atoms with Crippen molar-refractivity contribution < 1.29 is 4.79 Å². The Hall–Kier alpha value is -1.34. The summed E-state index contributed by atoms with van der Waals surface area (Å²) >= 11 is 6.08. The minimum atomic E-state index is 0.169. The van der Waals surface area contributed by atoms with E-state index >= 15 is 0 Å². The molecule has 2 heteroatoms. The van der Waals surface area contributed by atoms with Crippen molar-refractivity contribution in [1.82, 2.24) is 0 Å². The third-order valence-corrected chi connectivity index (χ3v) is 2.73. The number of carbonyl (C=O) groups excluding carboxylic acids is 1. The second kappa shape index (κ2) is 4.03. The van der Waals surface area contributed by atoms with Crippen molar-refractivity contribution in [3.8, 4) is 0 Å². The predicted octanol–water partition coefficient (Wildman–Crippen LogP) is 3.62. The van der Waals surface area contributed by atoms with E-state index in [-0.39, 0.29) is 5.78 Å². The smallest absolute Gasteiger partial charge is 0.134 e. The Kier molecular flexibility index (Phi) is 2.74. The molecule has 0 unspecified atom stereocenters. The zero-order valence-corrected chi connectivity index (χ0v) is 9.21. The summed E-state index contributed by atoms with van der Waals surface area (Å²) in [5, 5.41) is 2.82. The van der Waals surface area contributed by atoms with Crippen molar-refractivity contribution in [2.24, 2.45) is 0 Å². The Bertz CT molecular complexity index is 517. The van der Waals surface area contributed by atoms with Crippen molar-refractivity contribution in [2.75, 3.05) is 0 Å². The van der Waals surface area contributed by atoms with Crippen LogP contribution in [0.2, 0.25) is 5.02 Å². The van der Waals surface area contributed by atoms with E-state index in [1.165, 1.54) is 0 Å². The highest BCUT2D eigenvalue weighted by molar-refractivity contribution is 6.35. The molecule has 0 atom stereocenters. The lowest BCUT2D eigenvalue weighted by molar-refractivity contribution is -0.116. The van der Waals surface area contributed by atoms with Gasteiger partial charge in [-0.2, -0.15) is 0 Å². The van der Waals surface area contributed by atoms with E-state index in [9.17, 15) is 4.79 Å². The predicted molar refractivity (Wildman–Crippen MR) is 63.3 cm³/mol. The summed E-state index contributed by atoms with van der Waals surface area (Å²) in [5.74, 6) is 0.169. The third kappa shape index (κ3) is 2.02. The summed E-state index contributed by atoms with van der Waals surface area (Å²) in [6, 6.07) is 11.7. The van der Waals surface area contributed by atoms with Crippen LogP contribution in [-0.4, -0.2) is 5.78 Å². The molecule has 76 valence electrons. The number of benzene rings is 2. The summed E-state index contributed by atoms with van der Waals surface area (Å²) in [6.07, 6.45) is 0.470. The molecular weight excluding hydrogens is 208 g/mol. The van der Waals surface area contributed by atoms with Crippen LogP contribution in [0.25, 0.3) is 10.8 Å². The minimum absolute atomic E-state index is 0.169. The number of carbonyl (C=O) groups is 1. The van der Waals surface area contributed by atoms with Crippen LogP contribution in [0.5, 0.6) is 0 Å². The molecule has 2 aromatic rings. The molecule has 0 fully saturated rings. The average molecular weight is 219 g/mol. The van der Waals surface area contributed by atoms with Gasteiger partial charge in [-0.1, -0.05) is 41.9 Å². The van der Waals surface area contributed by atoms with Crippen molar-refractivity contribution in [3.05, 3.63) is 47.0 Å². The van der Waals surface area contributed by atoms with Crippen molar-refractivity contribution >= 4 is 28.2 Å². The van der Waals surface area contributed by atoms with Crippen molar-refractivity contribution in [3.63, 3.8) is 0 Å². The van der Waals surface area contributed by atoms with Gasteiger partial charge in [0.25, 0.3) is 0 Å². The molecule has 0 radical (unpaired) electrons. The zero-order valence-electron chi connectivity index (χ0n) is 8.46. The fraction of sp³-hybridized carbons (Fsp3) is 0.154. The molecular formula is C13H11ClO. The number of halogens is 1. The van der Waals surface area contributed by atoms with Gasteiger partial charge in [0.1, 0.15) is 5.78 Å². The standard InChI is InChI=1S/C13H11ClO/c1-9(15)8-10-4-2-6-12-11(10)5-3-7-13(12)14/h2-7H,8H2,1H3. The van der Waals surface area contributed by atoms with E-state index in [0.717, 1.165) is 21.4 Å². The zero-order chi connectivity index (χ0) is 10.8. The lowest BCUT2D eigenvalue weighted by atomic mass is 10.0. The number of Topliss-reactive ketones (excluding diaryl/α,β-unsaturated/α-hetero) is 1. The molecule has 0 heterocycles. The first-order chi connectivity index (χ1) is 7.18. The number of rotatable bonds is 2. The fourth-order valence-corrected chi connectivity index (χ4v) is 2.00. The fourth-order valence-electron chi connectivity index (χ4n) is 1.76. The van der Waals surface area contributed by atoms with Gasteiger partial charge < -0.3 is 0 Å². The van der Waals surface area contributed by atoms with Gasteiger partial charge in [-0.3, -0.25) is 4.79 Å². The molecule has 2 aromatic carbocycles. The van der Waals surface area contributed by atoms with Crippen LogP contribution in [0.1, 0.15) is 12.5 Å². The third-order valence-electron chi connectivity index (χ3n) is 2.40. The van der Waals surface area contributed by atoms with Gasteiger partial charge >= 0.3 is 0 Å². The molecule has 1 nitrogen and oxygen atoms in total. The maximum absolute atomic E-state index is 11.1. The highest BCUT2D eigenvalue weighted by Gasteiger charge is 2.04. The molecule has 0 aliphatic rings. The van der Waals surface area contributed by atoms with Crippen molar-refractivity contribution in [1.29, 1.82) is 0 Å². The van der Waals surface area contributed by atoms with Gasteiger partial charge in [0.05, 0.1) is 0 Å². The molecule has 0 N–H and O–H groups in total. The van der Waals surface area contributed by atoms with Crippen LogP contribution in [0.15, 0.2) is 36.4 Å². The van der Waals surface area contributed by atoms with E-state index in [0.29, 0.717) is 6.42 Å². The number of ketones is 1. The SMILES string of the molecule is CC(=O)Cc1cccc2c(Cl)cccc12. The average Bonchev–Trinajstić information content (AvgIpc) is 2.19. The maximum Gasteiger partial charge on any atom is 0.134 e. The van der Waals surface area contributed by atoms with Crippen molar-refractivity contribution in [2.45, 2.75) is 13.3 Å². The van der Waals surface area contributed by atoms with E-state index in [4.69, 9.17) is 11.6 Å². The second-order valence-electron chi connectivity index (χ2n) is 3.63. The van der Waals surface area contributed by atoms with Gasteiger partial charge in [-0.25, -0.2) is 0 Å². The summed E-state index contributed by atoms with van der Waals surface area (Å²) in [4.78, 5) is 11.1. The summed E-state index contributed by atoms with van der Waals surface area (Å²) in [5.41, 5.74) is 1.04. The normalized spacial score (nSPS) is 10.5. The van der Waals surface area contributed by atoms with Crippen LogP contribution in [-0.2, 0) is 11.2 Å². The van der Waals surface area contributed by atoms with Crippen LogP contribution >= 0.6 is 11.6 Å². The van der Waals surface area contributed by atoms with Crippen LogP contribution < -0.4 is 0 Å². The van der Waals surface area contributed by atoms with E-state index in [1.54, 1.807) is 6.92 Å². The Balaban J connectivity index is 2.65. The molecule has 0 spiro atoms. The van der Waals surface area contributed by atoms with Gasteiger partial charge in [0, 0.05) is 16.8 Å². The van der Waals surface area contributed by atoms with Gasteiger partial charge in [-0.05, 0) is 23.9 Å². The minimum Gasteiger partial charge on any atom is -0.300 e. The molecule has 0 aromatic heterocycles. The Labute approximate surface area is 93.7 Å². The van der Waals surface area contributed by atoms with E-state index in [2.05, 4.69) is 0 Å². The summed E-state index contributed by atoms with van der Waals surface area (Å²) < 4.78 is 0. The van der Waals surface area contributed by atoms with Crippen LogP contribution in [0.3, 0.4) is 0 Å². The summed E-state index contributed by atoms with van der Waals surface area (Å²) in [7, 11) is 0. The monoisotopic (exact) mass is 218 g/mol. The number of hydrogen-bond acceptors (Lipinski definition) is 1. The number of fused-ring (bicyclic) bond motifs is 1. The quantitative estimate of drug-likeness (QED) is 0.753. The molecule has 0 aliphatic heterocycles. The van der Waals surface area contributed by atoms with E-state index < -0.39 is 0 Å². The maximum atomic E-state index is 11.1. The lowest BCUT2D eigenvalue weighted by Crippen LogP contribution is -1.96. The molecule has 2 rings (SSSR count). The first kappa shape index (κ1) is 10.2. The second-order valence-corrected chi connectivity index (χ2v) is 4.04. The highest BCUT2D eigenvalue weighted by atomic mass is 35.5. The molecule has 0 aliphatic carbocycles. The molecule has 0 bridgehead atoms. The Morgan fingerprint density at radius 2 is 1.80 bits per heavy atom. The van der Waals surface area contributed by atoms with Gasteiger partial charge in [0.15, 0.2) is 0 Å². The molecule has 15 heavy (non-hydrogen) atoms. The topological polar surface area (TPSA) is 17.1 Å². The highest BCUT2D eigenvalue weighted by Crippen LogP contribution is 2.26. The molecule has 0 amide bonds. The lowest BCUT2D eigenvalue weighted by Gasteiger charge is -2.05. The number of hydrogen-bond donors (Lipinski definition) is 0. The van der Waals surface area contributed by atoms with Crippen LogP contribution in [0, 0.1) is 0 Å². The first-order valence-corrected chi connectivity index (χ1v) is 5.22. The molecule has 0 saturated carbocycles. The molecule has 0 saturated heterocycles.